The second-order valence-electron chi connectivity index (χ2n) is 2.82. The second-order valence-corrected chi connectivity index (χ2v) is 3.37. The molecule has 0 aromatic heterocycles. The Labute approximate surface area is 74.8 Å². The molecule has 0 heterocycles. The lowest BCUT2D eigenvalue weighted by Crippen LogP contribution is -2.08. The van der Waals surface area contributed by atoms with Crippen molar-refractivity contribution in [2.24, 2.45) is 10.3 Å². The molecule has 2 heteroatoms. The van der Waals surface area contributed by atoms with Gasteiger partial charge in [0.05, 0.1) is 0 Å². The van der Waals surface area contributed by atoms with Crippen molar-refractivity contribution in [3.63, 3.8) is 0 Å². The molecule has 0 saturated heterocycles. The third-order valence-electron chi connectivity index (χ3n) is 1.90. The number of hydrogen-bond donors (Lipinski definition) is 0. The van der Waals surface area contributed by atoms with E-state index < -0.39 is 0 Å². The molecule has 0 aliphatic carbocycles. The van der Waals surface area contributed by atoms with E-state index >= 15 is 0 Å². The van der Waals surface area contributed by atoms with E-state index in [0.717, 1.165) is 6.42 Å². The van der Waals surface area contributed by atoms with Crippen LogP contribution in [0, 0.1) is 5.92 Å². The van der Waals surface area contributed by atoms with Crippen LogP contribution in [0.4, 0.5) is 0 Å². The Balaban J connectivity index is 3.97. The van der Waals surface area contributed by atoms with Crippen molar-refractivity contribution >= 4 is 17.7 Å². The summed E-state index contributed by atoms with van der Waals surface area (Å²) in [6, 6.07) is 0. The lowest BCUT2D eigenvalue weighted by Gasteiger charge is -2.10. The number of rotatable bonds is 5. The van der Waals surface area contributed by atoms with Gasteiger partial charge in [0.25, 0.3) is 0 Å². The molecule has 0 spiro atoms. The predicted octanol–water partition coefficient (Wildman–Crippen LogP) is 3.55. The number of hydrogen-bond acceptors (Lipinski definition) is 2. The average molecular weight is 173 g/mol. The summed E-state index contributed by atoms with van der Waals surface area (Å²) in [6.07, 6.45) is 5.61. The van der Waals surface area contributed by atoms with Crippen molar-refractivity contribution in [3.05, 3.63) is 0 Å². The van der Waals surface area contributed by atoms with Crippen LogP contribution in [-0.2, 0) is 0 Å². The molecule has 0 aliphatic rings. The Bertz CT molecular complexity index is 121. The van der Waals surface area contributed by atoms with Gasteiger partial charge in [0.1, 0.15) is 0 Å². The first-order valence-corrected chi connectivity index (χ1v) is 5.54. The summed E-state index contributed by atoms with van der Waals surface area (Å²) in [6.45, 7) is 6.68. The first-order chi connectivity index (χ1) is 5.26. The zero-order chi connectivity index (χ0) is 8.69. The monoisotopic (exact) mass is 173 g/mol. The zero-order valence-electron chi connectivity index (χ0n) is 8.05. The Morgan fingerprint density at radius 3 is 2.45 bits per heavy atom. The van der Waals surface area contributed by atoms with E-state index in [-0.39, 0.29) is 0 Å². The Kier molecular flexibility index (Phi) is 6.73. The summed E-state index contributed by atoms with van der Waals surface area (Å²) >= 11 is 1.58. The highest BCUT2D eigenvalue weighted by Crippen LogP contribution is 2.12. The molecule has 66 valence electrons. The largest absolute Gasteiger partial charge is 0.226 e. The molecule has 0 aliphatic heterocycles. The van der Waals surface area contributed by atoms with Crippen molar-refractivity contribution in [3.8, 4) is 0 Å². The number of nitrogens with zero attached hydrogens (tertiary/aromatic N) is 1. The van der Waals surface area contributed by atoms with Gasteiger partial charge in [-0.2, -0.15) is 0 Å². The molecule has 0 N–H and O–H groups in total. The normalized spacial score (nSPS) is 15.1. The van der Waals surface area contributed by atoms with E-state index in [0.29, 0.717) is 5.92 Å². The molecule has 0 radical (unpaired) electrons. The van der Waals surface area contributed by atoms with Crippen LogP contribution in [0.1, 0.15) is 40.0 Å². The summed E-state index contributed by atoms with van der Waals surface area (Å²) < 4.78 is 4.42. The van der Waals surface area contributed by atoms with E-state index in [1.807, 2.05) is 6.26 Å². The van der Waals surface area contributed by atoms with Crippen LogP contribution in [-0.4, -0.2) is 12.0 Å². The van der Waals surface area contributed by atoms with Gasteiger partial charge in [0.2, 0.25) is 0 Å². The topological polar surface area (TPSA) is 12.4 Å². The minimum atomic E-state index is 0.669. The van der Waals surface area contributed by atoms with Gasteiger partial charge in [-0.05, 0) is 30.7 Å². The molecular weight excluding hydrogens is 154 g/mol. The SMILES string of the molecule is CCCC(=NSC)[C@H](C)CC. The quantitative estimate of drug-likeness (QED) is 0.457. The van der Waals surface area contributed by atoms with Gasteiger partial charge < -0.3 is 0 Å². The maximum atomic E-state index is 4.42. The summed E-state index contributed by atoms with van der Waals surface area (Å²) in [5.74, 6) is 0.669. The Morgan fingerprint density at radius 1 is 1.45 bits per heavy atom. The highest BCUT2D eigenvalue weighted by molar-refractivity contribution is 7.97. The van der Waals surface area contributed by atoms with Gasteiger partial charge in [0, 0.05) is 12.0 Å². The van der Waals surface area contributed by atoms with Crippen LogP contribution >= 0.6 is 11.9 Å². The molecular formula is C9H19NS. The lowest BCUT2D eigenvalue weighted by molar-refractivity contribution is 0.718. The molecule has 0 aromatic carbocycles. The third-order valence-corrected chi connectivity index (χ3v) is 2.31. The van der Waals surface area contributed by atoms with Gasteiger partial charge in [-0.1, -0.05) is 27.2 Å². The summed E-state index contributed by atoms with van der Waals surface area (Å²) in [5.41, 5.74) is 1.38. The first kappa shape index (κ1) is 11.0. The van der Waals surface area contributed by atoms with Crippen LogP contribution in [0.3, 0.4) is 0 Å². The fraction of sp³-hybridized carbons (Fsp3) is 0.889. The average Bonchev–Trinajstić information content (AvgIpc) is 2.03. The minimum absolute atomic E-state index is 0.669. The molecule has 0 fully saturated rings. The highest BCUT2D eigenvalue weighted by Gasteiger charge is 2.06. The van der Waals surface area contributed by atoms with Gasteiger partial charge in [-0.15, -0.1) is 0 Å². The standard InChI is InChI=1S/C9H19NS/c1-5-7-9(10-11-4)8(3)6-2/h8H,5-7H2,1-4H3/t8-/m1/s1. The van der Waals surface area contributed by atoms with Crippen molar-refractivity contribution in [2.45, 2.75) is 40.0 Å². The van der Waals surface area contributed by atoms with Gasteiger partial charge in [-0.25, -0.2) is 4.40 Å². The van der Waals surface area contributed by atoms with Crippen LogP contribution in [0.5, 0.6) is 0 Å². The van der Waals surface area contributed by atoms with E-state index in [2.05, 4.69) is 25.2 Å². The van der Waals surface area contributed by atoms with E-state index in [1.54, 1.807) is 11.9 Å². The fourth-order valence-corrected chi connectivity index (χ4v) is 1.50. The fourth-order valence-electron chi connectivity index (χ4n) is 0.991. The summed E-state index contributed by atoms with van der Waals surface area (Å²) in [5, 5.41) is 0. The molecule has 0 amide bonds. The minimum Gasteiger partial charge on any atom is -0.226 e. The molecule has 11 heavy (non-hydrogen) atoms. The van der Waals surface area contributed by atoms with Crippen LogP contribution in [0.2, 0.25) is 0 Å². The van der Waals surface area contributed by atoms with Gasteiger partial charge in [-0.3, -0.25) is 0 Å². The van der Waals surface area contributed by atoms with E-state index in [1.165, 1.54) is 18.6 Å². The maximum Gasteiger partial charge on any atom is 0.0290 e. The van der Waals surface area contributed by atoms with Crippen molar-refractivity contribution in [2.75, 3.05) is 6.26 Å². The van der Waals surface area contributed by atoms with Crippen molar-refractivity contribution in [1.29, 1.82) is 0 Å². The predicted molar refractivity (Wildman–Crippen MR) is 55.3 cm³/mol. The van der Waals surface area contributed by atoms with Crippen LogP contribution in [0.25, 0.3) is 0 Å². The van der Waals surface area contributed by atoms with Gasteiger partial charge in [0.15, 0.2) is 0 Å². The Hall–Kier alpha value is 0.0200. The molecule has 1 nitrogen and oxygen atoms in total. The van der Waals surface area contributed by atoms with Crippen LogP contribution in [0.15, 0.2) is 4.40 Å². The molecule has 0 saturated carbocycles. The zero-order valence-corrected chi connectivity index (χ0v) is 8.87. The maximum absolute atomic E-state index is 4.42. The summed E-state index contributed by atoms with van der Waals surface area (Å²) in [4.78, 5) is 0. The molecule has 1 atom stereocenters. The second kappa shape index (κ2) is 6.71. The highest BCUT2D eigenvalue weighted by atomic mass is 32.2. The summed E-state index contributed by atoms with van der Waals surface area (Å²) in [7, 11) is 0. The van der Waals surface area contributed by atoms with Gasteiger partial charge >= 0.3 is 0 Å². The Morgan fingerprint density at radius 2 is 2.09 bits per heavy atom. The van der Waals surface area contributed by atoms with Crippen LogP contribution < -0.4 is 0 Å². The molecule has 0 unspecified atom stereocenters. The van der Waals surface area contributed by atoms with Crippen molar-refractivity contribution < 1.29 is 0 Å². The third kappa shape index (κ3) is 4.46. The molecule has 0 rings (SSSR count). The van der Waals surface area contributed by atoms with E-state index in [9.17, 15) is 0 Å². The lowest BCUT2D eigenvalue weighted by atomic mass is 9.99. The smallest absolute Gasteiger partial charge is 0.0290 e. The van der Waals surface area contributed by atoms with E-state index in [4.69, 9.17) is 0 Å². The molecule has 0 bridgehead atoms. The van der Waals surface area contributed by atoms with Crippen molar-refractivity contribution in [1.82, 2.24) is 0 Å². The first-order valence-electron chi connectivity index (χ1n) is 4.36. The molecule has 0 aromatic rings.